The van der Waals surface area contributed by atoms with Gasteiger partial charge in [-0.05, 0) is 35.2 Å². The zero-order valence-corrected chi connectivity index (χ0v) is 15.0. The van der Waals surface area contributed by atoms with Crippen LogP contribution in [0.4, 0.5) is 17.6 Å². The van der Waals surface area contributed by atoms with E-state index in [0.29, 0.717) is 16.5 Å². The summed E-state index contributed by atoms with van der Waals surface area (Å²) in [4.78, 5) is 22.2. The molecule has 0 saturated carbocycles. The minimum Gasteiger partial charge on any atom is -0.480 e. The van der Waals surface area contributed by atoms with E-state index < -0.39 is 22.6 Å². The second-order valence-corrected chi connectivity index (χ2v) is 7.05. The molecular formula is C15H12ClN5O5S. The number of fused-ring (bicyclic) bond motifs is 1. The van der Waals surface area contributed by atoms with Crippen molar-refractivity contribution in [3.63, 3.8) is 0 Å². The van der Waals surface area contributed by atoms with Crippen molar-refractivity contribution in [3.8, 4) is 0 Å². The van der Waals surface area contributed by atoms with Crippen LogP contribution in [0.15, 0.2) is 41.3 Å². The van der Waals surface area contributed by atoms with Crippen molar-refractivity contribution in [2.24, 2.45) is 0 Å². The monoisotopic (exact) mass is 409 g/mol. The number of hydrogen-bond acceptors (Lipinski definition) is 8. The molecule has 0 spiro atoms. The van der Waals surface area contributed by atoms with Crippen molar-refractivity contribution >= 4 is 56.0 Å². The SMILES string of the molecule is O=C(O)CNc1nc(Cl)nc(Nc2cccc3cc(S(=O)(=O)O)ccc23)n1. The van der Waals surface area contributed by atoms with E-state index in [-0.39, 0.29) is 22.1 Å². The quantitative estimate of drug-likeness (QED) is 0.445. The number of halogens is 1. The van der Waals surface area contributed by atoms with Gasteiger partial charge in [0, 0.05) is 11.1 Å². The van der Waals surface area contributed by atoms with Crippen LogP contribution in [0.25, 0.3) is 10.8 Å². The summed E-state index contributed by atoms with van der Waals surface area (Å²) in [7, 11) is -4.32. The minimum atomic E-state index is -4.32. The lowest BCUT2D eigenvalue weighted by Gasteiger charge is -2.10. The molecule has 27 heavy (non-hydrogen) atoms. The molecule has 2 aromatic carbocycles. The van der Waals surface area contributed by atoms with E-state index in [2.05, 4.69) is 25.6 Å². The van der Waals surface area contributed by atoms with Crippen molar-refractivity contribution in [1.82, 2.24) is 15.0 Å². The zero-order valence-electron chi connectivity index (χ0n) is 13.4. The largest absolute Gasteiger partial charge is 0.480 e. The van der Waals surface area contributed by atoms with Gasteiger partial charge in [0.15, 0.2) is 0 Å². The fourth-order valence-corrected chi connectivity index (χ4v) is 2.97. The zero-order chi connectivity index (χ0) is 19.6. The fraction of sp³-hybridized carbons (Fsp3) is 0.0667. The number of carboxylic acids is 1. The fourth-order valence-electron chi connectivity index (χ4n) is 2.29. The van der Waals surface area contributed by atoms with E-state index in [1.165, 1.54) is 18.2 Å². The number of nitrogens with one attached hydrogen (secondary N) is 2. The third kappa shape index (κ3) is 4.58. The normalized spacial score (nSPS) is 11.3. The summed E-state index contributed by atoms with van der Waals surface area (Å²) in [6, 6.07) is 9.17. The van der Waals surface area contributed by atoms with E-state index in [1.54, 1.807) is 18.2 Å². The van der Waals surface area contributed by atoms with Gasteiger partial charge in [-0.25, -0.2) is 0 Å². The van der Waals surface area contributed by atoms with Gasteiger partial charge in [0.2, 0.25) is 17.2 Å². The maximum Gasteiger partial charge on any atom is 0.322 e. The highest BCUT2D eigenvalue weighted by Crippen LogP contribution is 2.28. The third-order valence-corrected chi connectivity index (χ3v) is 4.42. The van der Waals surface area contributed by atoms with Crippen LogP contribution in [0, 0.1) is 0 Å². The van der Waals surface area contributed by atoms with Crippen molar-refractivity contribution < 1.29 is 22.9 Å². The molecule has 3 rings (SSSR count). The molecule has 0 amide bonds. The van der Waals surface area contributed by atoms with E-state index >= 15 is 0 Å². The highest BCUT2D eigenvalue weighted by atomic mass is 35.5. The molecule has 140 valence electrons. The van der Waals surface area contributed by atoms with Crippen molar-refractivity contribution in [1.29, 1.82) is 0 Å². The standard InChI is InChI=1S/C15H12ClN5O5S/c16-13-19-14(17-7-12(22)23)21-15(20-13)18-11-3-1-2-8-6-9(27(24,25)26)4-5-10(8)11/h1-6H,7H2,(H,22,23)(H,24,25,26)(H2,17,18,19,20,21). The summed E-state index contributed by atoms with van der Waals surface area (Å²) in [6.07, 6.45) is 0. The topological polar surface area (TPSA) is 154 Å². The molecule has 1 heterocycles. The lowest BCUT2D eigenvalue weighted by Crippen LogP contribution is -2.15. The average molecular weight is 410 g/mol. The molecule has 0 saturated heterocycles. The molecule has 3 aromatic rings. The third-order valence-electron chi connectivity index (χ3n) is 3.40. The predicted octanol–water partition coefficient (Wildman–Crippen LogP) is 2.17. The molecule has 4 N–H and O–H groups in total. The van der Waals surface area contributed by atoms with Gasteiger partial charge in [0.1, 0.15) is 6.54 Å². The Balaban J connectivity index is 1.96. The summed E-state index contributed by atoms with van der Waals surface area (Å²) in [5.74, 6) is -1.05. The van der Waals surface area contributed by atoms with Gasteiger partial charge in [-0.1, -0.05) is 18.2 Å². The Morgan fingerprint density at radius 1 is 1.11 bits per heavy atom. The van der Waals surface area contributed by atoms with Gasteiger partial charge in [-0.2, -0.15) is 23.4 Å². The molecule has 0 bridgehead atoms. The Morgan fingerprint density at radius 3 is 2.56 bits per heavy atom. The van der Waals surface area contributed by atoms with Crippen molar-refractivity contribution in [2.45, 2.75) is 4.90 Å². The van der Waals surface area contributed by atoms with Gasteiger partial charge in [-0.15, -0.1) is 0 Å². The van der Waals surface area contributed by atoms with E-state index in [9.17, 15) is 13.2 Å². The second-order valence-electron chi connectivity index (χ2n) is 5.29. The minimum absolute atomic E-state index is 0.0196. The van der Waals surface area contributed by atoms with Crippen LogP contribution >= 0.6 is 11.6 Å². The first-order valence-electron chi connectivity index (χ1n) is 7.37. The highest BCUT2D eigenvalue weighted by molar-refractivity contribution is 7.85. The molecule has 0 unspecified atom stereocenters. The Hall–Kier alpha value is -3.02. The summed E-state index contributed by atoms with van der Waals surface area (Å²) in [6.45, 7) is -0.396. The van der Waals surface area contributed by atoms with E-state index in [0.717, 1.165) is 0 Å². The van der Waals surface area contributed by atoms with Crippen LogP contribution in [0.2, 0.25) is 5.28 Å². The lowest BCUT2D eigenvalue weighted by molar-refractivity contribution is -0.134. The first kappa shape index (κ1) is 18.8. The smallest absolute Gasteiger partial charge is 0.322 e. The van der Waals surface area contributed by atoms with Crippen LogP contribution < -0.4 is 10.6 Å². The lowest BCUT2D eigenvalue weighted by atomic mass is 10.1. The van der Waals surface area contributed by atoms with Gasteiger partial charge in [0.25, 0.3) is 10.1 Å². The first-order valence-corrected chi connectivity index (χ1v) is 9.19. The number of aliphatic carboxylic acids is 1. The molecule has 0 aliphatic heterocycles. The Bertz CT molecular complexity index is 1140. The number of aromatic nitrogens is 3. The Morgan fingerprint density at radius 2 is 1.85 bits per heavy atom. The Kier molecular flexibility index (Phi) is 5.08. The first-order chi connectivity index (χ1) is 12.7. The molecule has 0 radical (unpaired) electrons. The van der Waals surface area contributed by atoms with Crippen molar-refractivity contribution in [3.05, 3.63) is 41.7 Å². The van der Waals surface area contributed by atoms with E-state index in [1.807, 2.05) is 0 Å². The summed E-state index contributed by atoms with van der Waals surface area (Å²) < 4.78 is 31.7. The summed E-state index contributed by atoms with van der Waals surface area (Å²) in [5.41, 5.74) is 0.542. The number of hydrogen-bond donors (Lipinski definition) is 4. The molecule has 0 atom stereocenters. The molecule has 0 fully saturated rings. The number of anilines is 3. The number of carbonyl (C=O) groups is 1. The molecule has 12 heteroatoms. The molecule has 10 nitrogen and oxygen atoms in total. The highest BCUT2D eigenvalue weighted by Gasteiger charge is 2.12. The number of nitrogens with zero attached hydrogens (tertiary/aromatic N) is 3. The van der Waals surface area contributed by atoms with E-state index in [4.69, 9.17) is 21.3 Å². The van der Waals surface area contributed by atoms with Crippen LogP contribution in [0.3, 0.4) is 0 Å². The second kappa shape index (κ2) is 7.31. The van der Waals surface area contributed by atoms with Crippen LogP contribution in [0.5, 0.6) is 0 Å². The Labute approximate surface area is 158 Å². The summed E-state index contributed by atoms with van der Waals surface area (Å²) >= 11 is 5.84. The van der Waals surface area contributed by atoms with Crippen LogP contribution in [-0.2, 0) is 14.9 Å². The van der Waals surface area contributed by atoms with Gasteiger partial charge >= 0.3 is 5.97 Å². The van der Waals surface area contributed by atoms with Gasteiger partial charge in [0.05, 0.1) is 4.90 Å². The van der Waals surface area contributed by atoms with Gasteiger partial charge < -0.3 is 15.7 Å². The average Bonchev–Trinajstić information content (AvgIpc) is 2.58. The number of benzene rings is 2. The van der Waals surface area contributed by atoms with Gasteiger partial charge in [-0.3, -0.25) is 9.35 Å². The van der Waals surface area contributed by atoms with Crippen LogP contribution in [-0.4, -0.2) is 45.5 Å². The number of carboxylic acid groups (broad SMARTS) is 1. The molecule has 0 aliphatic carbocycles. The maximum absolute atomic E-state index is 11.3. The molecular weight excluding hydrogens is 398 g/mol. The molecule has 1 aromatic heterocycles. The van der Waals surface area contributed by atoms with Crippen LogP contribution in [0.1, 0.15) is 0 Å². The number of rotatable bonds is 6. The maximum atomic E-state index is 11.3. The summed E-state index contributed by atoms with van der Waals surface area (Å²) in [5, 5.41) is 15.2. The molecule has 0 aliphatic rings. The van der Waals surface area contributed by atoms with Crippen molar-refractivity contribution in [2.75, 3.05) is 17.2 Å². The predicted molar refractivity (Wildman–Crippen MR) is 98.0 cm³/mol.